The minimum Gasteiger partial charge on any atom is -0.496 e. The zero-order valence-electron chi connectivity index (χ0n) is 21.1. The molecule has 0 N–H and O–H groups in total. The summed E-state index contributed by atoms with van der Waals surface area (Å²) in [6.07, 6.45) is 1.94. The molecular formula is C31H28N2O2S. The van der Waals surface area contributed by atoms with E-state index in [9.17, 15) is 4.79 Å². The number of amides is 1. The summed E-state index contributed by atoms with van der Waals surface area (Å²) < 4.78 is 5.69. The summed E-state index contributed by atoms with van der Waals surface area (Å²) in [5.41, 5.74) is 7.07. The van der Waals surface area contributed by atoms with Crippen LogP contribution in [0.4, 0.5) is 11.4 Å². The van der Waals surface area contributed by atoms with Gasteiger partial charge in [-0.1, -0.05) is 54.6 Å². The summed E-state index contributed by atoms with van der Waals surface area (Å²) in [4.78, 5) is 21.3. The Bertz CT molecular complexity index is 1570. The number of nitrogens with zero attached hydrogens (tertiary/aromatic N) is 2. The molecule has 0 bridgehead atoms. The van der Waals surface area contributed by atoms with Gasteiger partial charge in [-0.05, 0) is 96.8 Å². The quantitative estimate of drug-likeness (QED) is 0.272. The van der Waals surface area contributed by atoms with Crippen molar-refractivity contribution in [3.8, 4) is 5.75 Å². The Morgan fingerprint density at radius 1 is 0.833 bits per heavy atom. The lowest BCUT2D eigenvalue weighted by Crippen LogP contribution is -2.29. The SMILES string of the molecule is COc1ccc2ccccc2c1/C=C1/SC(=Nc2cccc(C)c2C)N(c2cccc(C)c2C)C1=O. The third kappa shape index (κ3) is 4.20. The topological polar surface area (TPSA) is 41.9 Å². The van der Waals surface area contributed by atoms with Crippen LogP contribution in [0.1, 0.15) is 27.8 Å². The Morgan fingerprint density at radius 3 is 2.33 bits per heavy atom. The van der Waals surface area contributed by atoms with Gasteiger partial charge in [0.15, 0.2) is 5.17 Å². The van der Waals surface area contributed by atoms with E-state index in [2.05, 4.69) is 45.0 Å². The van der Waals surface area contributed by atoms with E-state index < -0.39 is 0 Å². The molecule has 5 rings (SSSR count). The molecule has 0 unspecified atom stereocenters. The predicted molar refractivity (Wildman–Crippen MR) is 152 cm³/mol. The molecule has 180 valence electrons. The Kier molecular flexibility index (Phi) is 6.42. The Balaban J connectivity index is 1.71. The molecule has 1 aliphatic rings. The van der Waals surface area contributed by atoms with Gasteiger partial charge in [0.05, 0.1) is 23.4 Å². The van der Waals surface area contributed by atoms with Crippen LogP contribution in [0.5, 0.6) is 5.75 Å². The van der Waals surface area contributed by atoms with Gasteiger partial charge in [-0.3, -0.25) is 9.69 Å². The van der Waals surface area contributed by atoms with Gasteiger partial charge in [0.25, 0.3) is 5.91 Å². The molecule has 0 aliphatic carbocycles. The lowest BCUT2D eigenvalue weighted by Gasteiger charge is -2.19. The molecule has 0 atom stereocenters. The van der Waals surface area contributed by atoms with Gasteiger partial charge in [0, 0.05) is 5.56 Å². The number of rotatable bonds is 4. The van der Waals surface area contributed by atoms with Crippen molar-refractivity contribution < 1.29 is 9.53 Å². The first kappa shape index (κ1) is 23.9. The second-order valence-electron chi connectivity index (χ2n) is 8.99. The highest BCUT2D eigenvalue weighted by Gasteiger charge is 2.36. The molecule has 4 aromatic rings. The number of methoxy groups -OCH3 is 1. The zero-order valence-corrected chi connectivity index (χ0v) is 21.9. The fourth-order valence-electron chi connectivity index (χ4n) is 4.43. The summed E-state index contributed by atoms with van der Waals surface area (Å²) in [7, 11) is 1.66. The maximum atomic E-state index is 14.0. The van der Waals surface area contributed by atoms with E-state index in [1.165, 1.54) is 17.3 Å². The first-order valence-electron chi connectivity index (χ1n) is 11.9. The number of amidine groups is 1. The van der Waals surface area contributed by atoms with E-state index in [0.717, 1.165) is 50.2 Å². The van der Waals surface area contributed by atoms with E-state index >= 15 is 0 Å². The van der Waals surface area contributed by atoms with Gasteiger partial charge in [0.1, 0.15) is 5.75 Å². The van der Waals surface area contributed by atoms with Crippen molar-refractivity contribution in [3.63, 3.8) is 0 Å². The first-order chi connectivity index (χ1) is 17.4. The second-order valence-corrected chi connectivity index (χ2v) is 10.00. The van der Waals surface area contributed by atoms with Gasteiger partial charge in [-0.15, -0.1) is 0 Å². The standard InChI is InChI=1S/C31H28N2O2S/c1-19-10-8-14-26(21(19)3)32-31-33(27-15-9-11-20(2)22(27)4)30(34)29(36-31)18-25-24-13-7-6-12-23(24)16-17-28(25)35-5/h6-18H,1-5H3/b29-18+,32-31?. The normalized spacial score (nSPS) is 15.9. The summed E-state index contributed by atoms with van der Waals surface area (Å²) >= 11 is 1.40. The van der Waals surface area contributed by atoms with Gasteiger partial charge in [0.2, 0.25) is 0 Å². The third-order valence-electron chi connectivity index (χ3n) is 6.84. The lowest BCUT2D eigenvalue weighted by molar-refractivity contribution is -0.113. The number of benzene rings is 4. The number of hydrogen-bond donors (Lipinski definition) is 0. The third-order valence-corrected chi connectivity index (χ3v) is 7.81. The van der Waals surface area contributed by atoms with Crippen LogP contribution in [0.3, 0.4) is 0 Å². The van der Waals surface area contributed by atoms with Crippen molar-refractivity contribution in [1.29, 1.82) is 0 Å². The van der Waals surface area contributed by atoms with Crippen LogP contribution < -0.4 is 9.64 Å². The highest BCUT2D eigenvalue weighted by Crippen LogP contribution is 2.41. The first-order valence-corrected chi connectivity index (χ1v) is 12.7. The Morgan fingerprint density at radius 2 is 1.56 bits per heavy atom. The smallest absolute Gasteiger partial charge is 0.271 e. The lowest BCUT2D eigenvalue weighted by atomic mass is 10.0. The monoisotopic (exact) mass is 492 g/mol. The number of ether oxygens (including phenoxy) is 1. The number of thioether (sulfide) groups is 1. The molecule has 0 radical (unpaired) electrons. The zero-order chi connectivity index (χ0) is 25.4. The molecule has 1 fully saturated rings. The summed E-state index contributed by atoms with van der Waals surface area (Å²) in [6.45, 7) is 8.25. The van der Waals surface area contributed by atoms with Gasteiger partial charge >= 0.3 is 0 Å². The fourth-order valence-corrected chi connectivity index (χ4v) is 5.40. The minimum atomic E-state index is -0.0901. The molecule has 1 amide bonds. The van der Waals surface area contributed by atoms with Crippen LogP contribution in [-0.4, -0.2) is 18.2 Å². The minimum absolute atomic E-state index is 0.0901. The summed E-state index contributed by atoms with van der Waals surface area (Å²) in [6, 6.07) is 24.2. The van der Waals surface area contributed by atoms with Crippen molar-refractivity contribution in [1.82, 2.24) is 0 Å². The van der Waals surface area contributed by atoms with Crippen LogP contribution in [0, 0.1) is 27.7 Å². The molecule has 1 saturated heterocycles. The average molecular weight is 493 g/mol. The maximum Gasteiger partial charge on any atom is 0.271 e. The van der Waals surface area contributed by atoms with E-state index in [-0.39, 0.29) is 5.91 Å². The number of aliphatic imine (C=N–C) groups is 1. The molecular weight excluding hydrogens is 464 g/mol. The predicted octanol–water partition coefficient (Wildman–Crippen LogP) is 7.89. The number of anilines is 1. The molecule has 1 heterocycles. The highest BCUT2D eigenvalue weighted by molar-refractivity contribution is 8.19. The molecule has 4 aromatic carbocycles. The van der Waals surface area contributed by atoms with Crippen LogP contribution in [0.25, 0.3) is 16.8 Å². The van der Waals surface area contributed by atoms with Gasteiger partial charge in [-0.2, -0.15) is 0 Å². The summed E-state index contributed by atoms with van der Waals surface area (Å²) in [5, 5.41) is 2.78. The molecule has 5 heteroatoms. The van der Waals surface area contributed by atoms with Crippen molar-refractivity contribution in [2.75, 3.05) is 12.0 Å². The van der Waals surface area contributed by atoms with Crippen LogP contribution in [0.15, 0.2) is 82.7 Å². The van der Waals surface area contributed by atoms with Gasteiger partial charge in [-0.25, -0.2) is 4.99 Å². The molecule has 0 aromatic heterocycles. The largest absolute Gasteiger partial charge is 0.496 e. The van der Waals surface area contributed by atoms with E-state index in [0.29, 0.717) is 10.1 Å². The maximum absolute atomic E-state index is 14.0. The number of carbonyl (C=O) groups is 1. The van der Waals surface area contributed by atoms with Crippen molar-refractivity contribution in [2.24, 2.45) is 4.99 Å². The fraction of sp³-hybridized carbons (Fsp3) is 0.161. The number of aryl methyl sites for hydroxylation is 2. The average Bonchev–Trinajstić information content (AvgIpc) is 3.18. The number of hydrogen-bond acceptors (Lipinski definition) is 4. The van der Waals surface area contributed by atoms with Crippen LogP contribution in [0.2, 0.25) is 0 Å². The molecule has 1 aliphatic heterocycles. The molecule has 0 spiro atoms. The Labute approximate surface area is 216 Å². The van der Waals surface area contributed by atoms with Crippen LogP contribution >= 0.6 is 11.8 Å². The van der Waals surface area contributed by atoms with Crippen LogP contribution in [-0.2, 0) is 4.79 Å². The molecule has 4 nitrogen and oxygen atoms in total. The summed E-state index contributed by atoms with van der Waals surface area (Å²) in [5.74, 6) is 0.639. The number of fused-ring (bicyclic) bond motifs is 1. The number of carbonyl (C=O) groups excluding carboxylic acids is 1. The van der Waals surface area contributed by atoms with Gasteiger partial charge < -0.3 is 4.74 Å². The van der Waals surface area contributed by atoms with Crippen molar-refractivity contribution in [3.05, 3.63) is 106 Å². The molecule has 0 saturated carbocycles. The van der Waals surface area contributed by atoms with E-state index in [1.807, 2.05) is 61.5 Å². The van der Waals surface area contributed by atoms with Crippen molar-refractivity contribution >= 4 is 51.1 Å². The molecule has 36 heavy (non-hydrogen) atoms. The van der Waals surface area contributed by atoms with Crippen molar-refractivity contribution in [2.45, 2.75) is 27.7 Å². The van der Waals surface area contributed by atoms with E-state index in [1.54, 1.807) is 12.0 Å². The van der Waals surface area contributed by atoms with E-state index in [4.69, 9.17) is 9.73 Å². The second kappa shape index (κ2) is 9.67. The highest BCUT2D eigenvalue weighted by atomic mass is 32.2. The Hall–Kier alpha value is -3.83.